The van der Waals surface area contributed by atoms with Crippen molar-refractivity contribution in [2.75, 3.05) is 19.7 Å². The van der Waals surface area contributed by atoms with Crippen molar-refractivity contribution in [3.05, 3.63) is 0 Å². The van der Waals surface area contributed by atoms with E-state index in [0.29, 0.717) is 6.10 Å². The highest BCUT2D eigenvalue weighted by Crippen LogP contribution is 2.38. The SMILES string of the molecule is CC(C)(C)NCC1CCC1N1CCOC2CCCCC21. The number of hydrogen-bond acceptors (Lipinski definition) is 3. The van der Waals surface area contributed by atoms with E-state index >= 15 is 0 Å². The minimum Gasteiger partial charge on any atom is -0.375 e. The van der Waals surface area contributed by atoms with Gasteiger partial charge >= 0.3 is 0 Å². The number of ether oxygens (including phenoxy) is 1. The topological polar surface area (TPSA) is 24.5 Å². The van der Waals surface area contributed by atoms with Crippen molar-refractivity contribution in [3.63, 3.8) is 0 Å². The molecule has 4 unspecified atom stereocenters. The fourth-order valence-electron chi connectivity index (χ4n) is 4.20. The van der Waals surface area contributed by atoms with Crippen molar-refractivity contribution in [1.82, 2.24) is 10.2 Å². The van der Waals surface area contributed by atoms with Crippen LogP contribution in [0.4, 0.5) is 0 Å². The highest BCUT2D eigenvalue weighted by atomic mass is 16.5. The molecule has 3 nitrogen and oxygen atoms in total. The Morgan fingerprint density at radius 3 is 2.55 bits per heavy atom. The quantitative estimate of drug-likeness (QED) is 0.860. The molecule has 1 heterocycles. The second-order valence-corrected chi connectivity index (χ2v) is 8.03. The van der Waals surface area contributed by atoms with Crippen molar-refractivity contribution in [3.8, 4) is 0 Å². The Labute approximate surface area is 124 Å². The van der Waals surface area contributed by atoms with Crippen LogP contribution in [0.25, 0.3) is 0 Å². The van der Waals surface area contributed by atoms with Crippen molar-refractivity contribution >= 4 is 0 Å². The molecule has 0 aromatic heterocycles. The van der Waals surface area contributed by atoms with Gasteiger partial charge in [0.15, 0.2) is 0 Å². The molecule has 3 heteroatoms. The summed E-state index contributed by atoms with van der Waals surface area (Å²) in [5.74, 6) is 0.856. The molecule has 2 saturated carbocycles. The molecule has 1 N–H and O–H groups in total. The summed E-state index contributed by atoms with van der Waals surface area (Å²) >= 11 is 0. The number of fused-ring (bicyclic) bond motifs is 1. The Kier molecular flexibility index (Phi) is 4.40. The normalized spacial score (nSPS) is 39.1. The molecule has 116 valence electrons. The summed E-state index contributed by atoms with van der Waals surface area (Å²) in [6.07, 6.45) is 8.77. The molecule has 4 atom stereocenters. The van der Waals surface area contributed by atoms with Gasteiger partial charge in [-0.05, 0) is 58.9 Å². The first kappa shape index (κ1) is 14.8. The van der Waals surface area contributed by atoms with E-state index in [0.717, 1.165) is 31.2 Å². The van der Waals surface area contributed by atoms with Gasteiger partial charge in [0.05, 0.1) is 12.7 Å². The van der Waals surface area contributed by atoms with Gasteiger partial charge in [-0.3, -0.25) is 4.90 Å². The summed E-state index contributed by atoms with van der Waals surface area (Å²) in [6.45, 7) is 10.1. The molecule has 20 heavy (non-hydrogen) atoms. The number of nitrogens with zero attached hydrogens (tertiary/aromatic N) is 1. The number of hydrogen-bond donors (Lipinski definition) is 1. The third kappa shape index (κ3) is 3.20. The van der Waals surface area contributed by atoms with E-state index in [1.54, 1.807) is 0 Å². The first-order valence-electron chi connectivity index (χ1n) is 8.67. The predicted molar refractivity (Wildman–Crippen MR) is 83.0 cm³/mol. The molecular formula is C17H32N2O. The van der Waals surface area contributed by atoms with Crippen LogP contribution in [0.1, 0.15) is 59.3 Å². The standard InChI is InChI=1S/C17H32N2O/c1-17(2,3)18-12-13-8-9-14(13)19-10-11-20-16-7-5-4-6-15(16)19/h13-16,18H,4-12H2,1-3H3. The predicted octanol–water partition coefficient (Wildman–Crippen LogP) is 2.80. The van der Waals surface area contributed by atoms with E-state index in [1.165, 1.54) is 45.1 Å². The average molecular weight is 280 g/mol. The van der Waals surface area contributed by atoms with Gasteiger partial charge < -0.3 is 10.1 Å². The lowest BCUT2D eigenvalue weighted by Gasteiger charge is -2.53. The van der Waals surface area contributed by atoms with Gasteiger partial charge in [0, 0.05) is 24.2 Å². The lowest BCUT2D eigenvalue weighted by Crippen LogP contribution is -2.62. The minimum atomic E-state index is 0.249. The number of rotatable bonds is 3. The van der Waals surface area contributed by atoms with E-state index in [4.69, 9.17) is 4.74 Å². The zero-order chi connectivity index (χ0) is 14.2. The summed E-state index contributed by atoms with van der Waals surface area (Å²) in [5, 5.41) is 3.71. The zero-order valence-electron chi connectivity index (χ0n) is 13.5. The Morgan fingerprint density at radius 2 is 1.85 bits per heavy atom. The first-order chi connectivity index (χ1) is 9.54. The van der Waals surface area contributed by atoms with Crippen molar-refractivity contribution in [2.45, 2.75) is 83.0 Å². The molecule has 3 fully saturated rings. The van der Waals surface area contributed by atoms with Gasteiger partial charge in [0.25, 0.3) is 0 Å². The Balaban J connectivity index is 1.57. The molecule has 1 aliphatic heterocycles. The van der Waals surface area contributed by atoms with Crippen LogP contribution in [0.3, 0.4) is 0 Å². The fraction of sp³-hybridized carbons (Fsp3) is 1.00. The Hall–Kier alpha value is -0.120. The second kappa shape index (κ2) is 5.94. The maximum absolute atomic E-state index is 6.02. The average Bonchev–Trinajstić information content (AvgIpc) is 2.37. The van der Waals surface area contributed by atoms with Crippen LogP contribution in [0.2, 0.25) is 0 Å². The van der Waals surface area contributed by atoms with Crippen LogP contribution in [0.5, 0.6) is 0 Å². The summed E-state index contributed by atoms with van der Waals surface area (Å²) in [4.78, 5) is 2.83. The largest absolute Gasteiger partial charge is 0.375 e. The van der Waals surface area contributed by atoms with Crippen LogP contribution in [-0.2, 0) is 4.74 Å². The van der Waals surface area contributed by atoms with Gasteiger partial charge in [0.2, 0.25) is 0 Å². The van der Waals surface area contributed by atoms with Crippen LogP contribution < -0.4 is 5.32 Å². The van der Waals surface area contributed by atoms with Gasteiger partial charge in [0.1, 0.15) is 0 Å². The zero-order valence-corrected chi connectivity index (χ0v) is 13.5. The smallest absolute Gasteiger partial charge is 0.0731 e. The molecule has 3 aliphatic rings. The fourth-order valence-corrected chi connectivity index (χ4v) is 4.20. The van der Waals surface area contributed by atoms with E-state index < -0.39 is 0 Å². The monoisotopic (exact) mass is 280 g/mol. The number of morpholine rings is 1. The number of nitrogens with one attached hydrogen (secondary N) is 1. The molecular weight excluding hydrogens is 248 g/mol. The van der Waals surface area contributed by atoms with Gasteiger partial charge in [-0.1, -0.05) is 12.8 Å². The van der Waals surface area contributed by atoms with Crippen LogP contribution >= 0.6 is 0 Å². The highest BCUT2D eigenvalue weighted by molar-refractivity contribution is 4.97. The minimum absolute atomic E-state index is 0.249. The van der Waals surface area contributed by atoms with E-state index in [9.17, 15) is 0 Å². The van der Waals surface area contributed by atoms with Crippen molar-refractivity contribution in [2.24, 2.45) is 5.92 Å². The third-order valence-electron chi connectivity index (χ3n) is 5.47. The third-order valence-corrected chi connectivity index (χ3v) is 5.47. The Morgan fingerprint density at radius 1 is 1.05 bits per heavy atom. The molecule has 0 spiro atoms. The van der Waals surface area contributed by atoms with E-state index in [2.05, 4.69) is 31.0 Å². The lowest BCUT2D eigenvalue weighted by atomic mass is 9.76. The molecule has 0 bridgehead atoms. The van der Waals surface area contributed by atoms with E-state index in [1.807, 2.05) is 0 Å². The molecule has 0 amide bonds. The van der Waals surface area contributed by atoms with Crippen molar-refractivity contribution in [1.29, 1.82) is 0 Å². The van der Waals surface area contributed by atoms with Gasteiger partial charge in [-0.15, -0.1) is 0 Å². The van der Waals surface area contributed by atoms with E-state index in [-0.39, 0.29) is 5.54 Å². The maximum atomic E-state index is 6.02. The molecule has 2 aliphatic carbocycles. The van der Waals surface area contributed by atoms with Crippen LogP contribution in [0, 0.1) is 5.92 Å². The van der Waals surface area contributed by atoms with Crippen molar-refractivity contribution < 1.29 is 4.74 Å². The summed E-state index contributed by atoms with van der Waals surface area (Å²) in [7, 11) is 0. The summed E-state index contributed by atoms with van der Waals surface area (Å²) in [5.41, 5.74) is 0.249. The maximum Gasteiger partial charge on any atom is 0.0731 e. The van der Waals surface area contributed by atoms with Crippen LogP contribution in [0.15, 0.2) is 0 Å². The Bertz CT molecular complexity index is 323. The first-order valence-corrected chi connectivity index (χ1v) is 8.67. The highest BCUT2D eigenvalue weighted by Gasteiger charge is 2.43. The molecule has 0 radical (unpaired) electrons. The molecule has 3 rings (SSSR count). The van der Waals surface area contributed by atoms with Gasteiger partial charge in [-0.25, -0.2) is 0 Å². The lowest BCUT2D eigenvalue weighted by molar-refractivity contribution is -0.124. The molecule has 1 saturated heterocycles. The molecule has 0 aromatic carbocycles. The second-order valence-electron chi connectivity index (χ2n) is 8.03. The molecule has 0 aromatic rings. The van der Waals surface area contributed by atoms with Crippen LogP contribution in [-0.4, -0.2) is 48.3 Å². The van der Waals surface area contributed by atoms with Gasteiger partial charge in [-0.2, -0.15) is 0 Å². The summed E-state index contributed by atoms with van der Waals surface area (Å²) in [6, 6.07) is 1.54. The summed E-state index contributed by atoms with van der Waals surface area (Å²) < 4.78 is 6.02.